The Hall–Kier alpha value is -3.76. The average molecular weight is 488 g/mol. The van der Waals surface area contributed by atoms with Gasteiger partial charge in [-0.05, 0) is 35.4 Å². The molecule has 1 heterocycles. The van der Waals surface area contributed by atoms with Gasteiger partial charge in [-0.15, -0.1) is 0 Å². The van der Waals surface area contributed by atoms with E-state index in [0.29, 0.717) is 18.0 Å². The molecular formula is C25H33N3O7. The Kier molecular flexibility index (Phi) is 11.9. The molecule has 1 aliphatic heterocycles. The fraction of sp³-hybridized carbons (Fsp3) is 0.360. The lowest BCUT2D eigenvalue weighted by Gasteiger charge is -2.26. The molecule has 35 heavy (non-hydrogen) atoms. The van der Waals surface area contributed by atoms with Gasteiger partial charge in [0.05, 0.1) is 40.2 Å². The zero-order chi connectivity index (χ0) is 25.5. The topological polar surface area (TPSA) is 119 Å². The summed E-state index contributed by atoms with van der Waals surface area (Å²) in [6, 6.07) is 11.0. The summed E-state index contributed by atoms with van der Waals surface area (Å²) in [4.78, 5) is 23.0. The minimum Gasteiger partial charge on any atom is -0.497 e. The van der Waals surface area contributed by atoms with Crippen LogP contribution in [0.2, 0.25) is 0 Å². The standard InChI is InChI=1S/C24H31N3O5.CH2O2/c1-29-20-14-19(15-21(17-20)30-2)5-4-18-6-7-23(31-3)22(16-18)26-24(28)25-8-9-27-10-12-32-13-11-27;2-1-3/h4-7,14-17H,8-13H2,1-3H3,(H2,25,26,28);1H,(H,2,3)/b5-4-;. The first-order valence-corrected chi connectivity index (χ1v) is 11.0. The number of rotatable bonds is 9. The van der Waals surface area contributed by atoms with E-state index in [1.807, 2.05) is 48.6 Å². The Morgan fingerprint density at radius 1 is 1.00 bits per heavy atom. The highest BCUT2D eigenvalue weighted by molar-refractivity contribution is 5.91. The number of carbonyl (C=O) groups is 2. The molecule has 2 aromatic rings. The lowest BCUT2D eigenvalue weighted by Crippen LogP contribution is -2.42. The van der Waals surface area contributed by atoms with Crippen LogP contribution in [0.15, 0.2) is 36.4 Å². The molecule has 0 unspecified atom stereocenters. The normalized spacial score (nSPS) is 13.3. The first-order valence-electron chi connectivity index (χ1n) is 11.0. The van der Waals surface area contributed by atoms with Crippen LogP contribution in [-0.4, -0.2) is 83.2 Å². The van der Waals surface area contributed by atoms with E-state index in [9.17, 15) is 4.79 Å². The number of carboxylic acid groups (broad SMARTS) is 1. The van der Waals surface area contributed by atoms with Crippen molar-refractivity contribution < 1.29 is 33.6 Å². The van der Waals surface area contributed by atoms with Crippen LogP contribution in [0.4, 0.5) is 10.5 Å². The van der Waals surface area contributed by atoms with Gasteiger partial charge >= 0.3 is 6.03 Å². The number of hydrogen-bond donors (Lipinski definition) is 3. The molecule has 0 saturated carbocycles. The number of carbonyl (C=O) groups excluding carboxylic acids is 1. The van der Waals surface area contributed by atoms with Crippen molar-refractivity contribution in [1.82, 2.24) is 10.2 Å². The van der Waals surface area contributed by atoms with E-state index in [4.69, 9.17) is 28.8 Å². The van der Waals surface area contributed by atoms with Crippen molar-refractivity contribution in [2.75, 3.05) is 66.0 Å². The zero-order valence-corrected chi connectivity index (χ0v) is 20.3. The molecule has 0 aromatic heterocycles. The van der Waals surface area contributed by atoms with E-state index in [1.54, 1.807) is 21.3 Å². The lowest BCUT2D eigenvalue weighted by molar-refractivity contribution is -0.122. The van der Waals surface area contributed by atoms with Gasteiger partial charge in [-0.2, -0.15) is 0 Å². The van der Waals surface area contributed by atoms with E-state index >= 15 is 0 Å². The van der Waals surface area contributed by atoms with Crippen molar-refractivity contribution in [2.24, 2.45) is 0 Å². The highest BCUT2D eigenvalue weighted by Crippen LogP contribution is 2.27. The van der Waals surface area contributed by atoms with E-state index in [2.05, 4.69) is 15.5 Å². The molecule has 2 aromatic carbocycles. The number of nitrogens with zero attached hydrogens (tertiary/aromatic N) is 1. The van der Waals surface area contributed by atoms with Crippen molar-refractivity contribution in [1.29, 1.82) is 0 Å². The molecule has 3 rings (SSSR count). The Labute approximate surface area is 205 Å². The molecule has 0 spiro atoms. The number of morpholine rings is 1. The van der Waals surface area contributed by atoms with Crippen molar-refractivity contribution in [2.45, 2.75) is 0 Å². The van der Waals surface area contributed by atoms with Crippen LogP contribution in [0.25, 0.3) is 12.2 Å². The minimum atomic E-state index is -0.268. The van der Waals surface area contributed by atoms with Gasteiger partial charge in [0.15, 0.2) is 0 Å². The van der Waals surface area contributed by atoms with Gasteiger partial charge < -0.3 is 34.7 Å². The number of urea groups is 1. The van der Waals surface area contributed by atoms with Crippen LogP contribution in [-0.2, 0) is 9.53 Å². The Balaban J connectivity index is 0.00000137. The number of amides is 2. The fourth-order valence-electron chi connectivity index (χ4n) is 3.36. The van der Waals surface area contributed by atoms with Crippen molar-refractivity contribution in [3.05, 3.63) is 47.5 Å². The molecule has 2 amide bonds. The second-order valence-electron chi connectivity index (χ2n) is 7.38. The summed E-state index contributed by atoms with van der Waals surface area (Å²) >= 11 is 0. The molecule has 10 nitrogen and oxygen atoms in total. The van der Waals surface area contributed by atoms with Gasteiger partial charge in [-0.1, -0.05) is 18.2 Å². The van der Waals surface area contributed by atoms with Gasteiger partial charge in [0.2, 0.25) is 0 Å². The van der Waals surface area contributed by atoms with Gasteiger partial charge in [0.1, 0.15) is 17.2 Å². The molecule has 3 N–H and O–H groups in total. The molecule has 190 valence electrons. The lowest BCUT2D eigenvalue weighted by atomic mass is 10.1. The molecule has 0 radical (unpaired) electrons. The smallest absolute Gasteiger partial charge is 0.319 e. The maximum atomic E-state index is 12.4. The predicted molar refractivity (Wildman–Crippen MR) is 134 cm³/mol. The minimum absolute atomic E-state index is 0.250. The van der Waals surface area contributed by atoms with Crippen molar-refractivity contribution >= 4 is 30.3 Å². The largest absolute Gasteiger partial charge is 0.497 e. The molecule has 1 saturated heterocycles. The maximum Gasteiger partial charge on any atom is 0.319 e. The molecule has 0 atom stereocenters. The van der Waals surface area contributed by atoms with Crippen LogP contribution in [0.1, 0.15) is 11.1 Å². The van der Waals surface area contributed by atoms with E-state index < -0.39 is 0 Å². The first kappa shape index (κ1) is 27.5. The van der Waals surface area contributed by atoms with Crippen LogP contribution in [0, 0.1) is 0 Å². The Bertz CT molecular complexity index is 953. The average Bonchev–Trinajstić information content (AvgIpc) is 2.88. The van der Waals surface area contributed by atoms with Crippen LogP contribution < -0.4 is 24.8 Å². The summed E-state index contributed by atoms with van der Waals surface area (Å²) < 4.78 is 21.4. The SMILES string of the molecule is COc1cc(/C=C\c2ccc(OC)c(NC(=O)NCCN3CCOCC3)c2)cc(OC)c1.O=CO. The van der Waals surface area contributed by atoms with Gasteiger partial charge in [0, 0.05) is 32.2 Å². The molecule has 10 heteroatoms. The monoisotopic (exact) mass is 487 g/mol. The summed E-state index contributed by atoms with van der Waals surface area (Å²) in [5.41, 5.74) is 2.45. The molecule has 0 bridgehead atoms. The molecule has 0 aliphatic carbocycles. The number of benzene rings is 2. The van der Waals surface area contributed by atoms with Crippen LogP contribution in [0.3, 0.4) is 0 Å². The summed E-state index contributed by atoms with van der Waals surface area (Å²) in [5, 5.41) is 12.7. The maximum absolute atomic E-state index is 12.4. The van der Waals surface area contributed by atoms with E-state index in [1.165, 1.54) is 0 Å². The summed E-state index contributed by atoms with van der Waals surface area (Å²) in [6.07, 6.45) is 3.91. The van der Waals surface area contributed by atoms with E-state index in [-0.39, 0.29) is 12.5 Å². The van der Waals surface area contributed by atoms with Crippen LogP contribution in [0.5, 0.6) is 17.2 Å². The second kappa shape index (κ2) is 15.2. The summed E-state index contributed by atoms with van der Waals surface area (Å²) in [5.74, 6) is 2.03. The van der Waals surface area contributed by atoms with Crippen LogP contribution >= 0.6 is 0 Å². The third-order valence-electron chi connectivity index (χ3n) is 5.13. The molecule has 1 fully saturated rings. The number of methoxy groups -OCH3 is 3. The van der Waals surface area contributed by atoms with Gasteiger partial charge in [0.25, 0.3) is 6.47 Å². The fourth-order valence-corrected chi connectivity index (χ4v) is 3.36. The van der Waals surface area contributed by atoms with Gasteiger partial charge in [-0.3, -0.25) is 9.69 Å². The number of anilines is 1. The zero-order valence-electron chi connectivity index (χ0n) is 20.3. The third kappa shape index (κ3) is 9.55. The predicted octanol–water partition coefficient (Wildman–Crippen LogP) is 3.04. The second-order valence-corrected chi connectivity index (χ2v) is 7.38. The molecular weight excluding hydrogens is 454 g/mol. The number of ether oxygens (including phenoxy) is 4. The van der Waals surface area contributed by atoms with Gasteiger partial charge in [-0.25, -0.2) is 4.79 Å². The first-order chi connectivity index (χ1) is 17.0. The Morgan fingerprint density at radius 2 is 1.63 bits per heavy atom. The summed E-state index contributed by atoms with van der Waals surface area (Å²) in [6.45, 7) is 4.37. The Morgan fingerprint density at radius 3 is 2.23 bits per heavy atom. The quantitative estimate of drug-likeness (QED) is 0.365. The highest BCUT2D eigenvalue weighted by Gasteiger charge is 2.11. The number of nitrogens with one attached hydrogen (secondary N) is 2. The highest BCUT2D eigenvalue weighted by atomic mass is 16.5. The van der Waals surface area contributed by atoms with Crippen molar-refractivity contribution in [3.8, 4) is 17.2 Å². The molecule has 1 aliphatic rings. The third-order valence-corrected chi connectivity index (χ3v) is 5.13. The van der Waals surface area contributed by atoms with E-state index in [0.717, 1.165) is 55.5 Å². The number of hydrogen-bond acceptors (Lipinski definition) is 7. The summed E-state index contributed by atoms with van der Waals surface area (Å²) in [7, 11) is 4.82. The van der Waals surface area contributed by atoms with Crippen molar-refractivity contribution in [3.63, 3.8) is 0 Å².